The summed E-state index contributed by atoms with van der Waals surface area (Å²) >= 11 is 4.17. The molecule has 0 atom stereocenters. The van der Waals surface area contributed by atoms with E-state index in [4.69, 9.17) is 0 Å². The molecule has 1 N–H and O–H groups in total. The van der Waals surface area contributed by atoms with Crippen LogP contribution in [0.1, 0.15) is 6.92 Å². The van der Waals surface area contributed by atoms with Gasteiger partial charge in [-0.1, -0.05) is 0 Å². The highest BCUT2D eigenvalue weighted by Gasteiger charge is 1.93. The minimum atomic E-state index is -0.535. The first-order chi connectivity index (χ1) is 4.63. The summed E-state index contributed by atoms with van der Waals surface area (Å²) in [5.41, 5.74) is 0. The molecule has 1 radical (unpaired) electrons. The smallest absolute Gasteiger partial charge is 0.310 e. The molecule has 0 aromatic heterocycles. The van der Waals surface area contributed by atoms with Crippen molar-refractivity contribution in [2.75, 3.05) is 13.2 Å². The Kier molecular flexibility index (Phi) is 4.57. The van der Waals surface area contributed by atoms with Gasteiger partial charge in [-0.15, -0.1) is 0 Å². The quantitative estimate of drug-likeness (QED) is 0.484. The summed E-state index contributed by atoms with van der Waals surface area (Å²) in [5, 5.41) is 1.76. The molecule has 5 heteroatoms. The lowest BCUT2D eigenvalue weighted by atomic mass is 10.7. The molecule has 0 heterocycles. The zero-order valence-corrected chi connectivity index (χ0v) is 6.36. The maximum Gasteiger partial charge on any atom is 0.310 e. The zero-order chi connectivity index (χ0) is 7.98. The number of carbonyl (C=O) groups is 2. The molecule has 0 aliphatic rings. The van der Waals surface area contributed by atoms with E-state index in [0.717, 1.165) is 0 Å². The first-order valence-electron chi connectivity index (χ1n) is 2.71. The number of amides is 1. The molecule has 1 amide bonds. The third-order valence-corrected chi connectivity index (χ3v) is 0.821. The van der Waals surface area contributed by atoms with Gasteiger partial charge in [-0.3, -0.25) is 9.59 Å². The molecule has 0 aliphatic carbocycles. The van der Waals surface area contributed by atoms with Gasteiger partial charge >= 0.3 is 11.2 Å². The molecule has 10 heavy (non-hydrogen) atoms. The minimum Gasteiger partial charge on any atom is -0.464 e. The molecular weight excluding hydrogens is 154 g/mol. The topological polar surface area (TPSA) is 55.4 Å². The van der Waals surface area contributed by atoms with Gasteiger partial charge in [0.2, 0.25) is 0 Å². The third kappa shape index (κ3) is 7.16. The number of esters is 1. The summed E-state index contributed by atoms with van der Waals surface area (Å²) in [6, 6.07) is 0. The number of hydrogen-bond donors (Lipinski definition) is 1. The Morgan fingerprint density at radius 1 is 1.60 bits per heavy atom. The predicted octanol–water partition coefficient (Wildman–Crippen LogP) is 0.457. The summed E-state index contributed by atoms with van der Waals surface area (Å²) in [6.07, 6.45) is 0. The largest absolute Gasteiger partial charge is 0.464 e. The summed E-state index contributed by atoms with van der Waals surface area (Å²) in [5.74, 6) is -0.362. The third-order valence-electron chi connectivity index (χ3n) is 0.677. The Bertz CT molecular complexity index is 121. The highest BCUT2D eigenvalue weighted by Crippen LogP contribution is 1.77. The van der Waals surface area contributed by atoms with Crippen LogP contribution in [0.25, 0.3) is 0 Å². The normalized spacial score (nSPS) is 8.50. The maximum absolute atomic E-state index is 10.1. The summed E-state index contributed by atoms with van der Waals surface area (Å²) in [4.78, 5) is 20.2. The van der Waals surface area contributed by atoms with E-state index in [0.29, 0.717) is 0 Å². The SMILES string of the molecule is CC(=O)OCCNC(=O)[S]. The van der Waals surface area contributed by atoms with Gasteiger partial charge in [0, 0.05) is 6.92 Å². The molecule has 57 valence electrons. The van der Waals surface area contributed by atoms with Gasteiger partial charge in [-0.2, -0.15) is 0 Å². The summed E-state index contributed by atoms with van der Waals surface area (Å²) in [6.45, 7) is 1.76. The molecule has 4 nitrogen and oxygen atoms in total. The van der Waals surface area contributed by atoms with Crippen molar-refractivity contribution in [3.05, 3.63) is 0 Å². The second-order valence-corrected chi connectivity index (χ2v) is 1.93. The molecule has 0 aromatic rings. The molecule has 0 bridgehead atoms. The van der Waals surface area contributed by atoms with Crippen LogP contribution in [-0.2, 0) is 9.53 Å². The van der Waals surface area contributed by atoms with E-state index < -0.39 is 5.24 Å². The van der Waals surface area contributed by atoms with Crippen LogP contribution in [-0.4, -0.2) is 24.4 Å². The van der Waals surface area contributed by atoms with E-state index in [1.807, 2.05) is 0 Å². The van der Waals surface area contributed by atoms with Crippen LogP contribution >= 0.6 is 12.6 Å². The molecule has 0 fully saturated rings. The fourth-order valence-electron chi connectivity index (χ4n) is 0.348. The fraction of sp³-hybridized carbons (Fsp3) is 0.600. The van der Waals surface area contributed by atoms with Crippen molar-refractivity contribution in [1.82, 2.24) is 5.32 Å². The summed E-state index contributed by atoms with van der Waals surface area (Å²) < 4.78 is 4.49. The van der Waals surface area contributed by atoms with Gasteiger partial charge in [0.15, 0.2) is 0 Å². The molecule has 0 spiro atoms. The van der Waals surface area contributed by atoms with E-state index in [1.165, 1.54) is 6.92 Å². The van der Waals surface area contributed by atoms with E-state index >= 15 is 0 Å². The van der Waals surface area contributed by atoms with Crippen molar-refractivity contribution < 1.29 is 14.3 Å². The van der Waals surface area contributed by atoms with E-state index in [9.17, 15) is 9.59 Å². The fourth-order valence-corrected chi connectivity index (χ4v) is 0.450. The van der Waals surface area contributed by atoms with E-state index in [-0.39, 0.29) is 19.1 Å². The van der Waals surface area contributed by atoms with Crippen molar-refractivity contribution in [2.24, 2.45) is 0 Å². The van der Waals surface area contributed by atoms with Gasteiger partial charge in [0.05, 0.1) is 6.54 Å². The summed E-state index contributed by atoms with van der Waals surface area (Å²) in [7, 11) is 0. The Morgan fingerprint density at radius 2 is 2.20 bits per heavy atom. The predicted molar refractivity (Wildman–Crippen MR) is 37.6 cm³/mol. The number of carbonyl (C=O) groups excluding carboxylic acids is 2. The van der Waals surface area contributed by atoms with Gasteiger partial charge in [0.1, 0.15) is 6.61 Å². The van der Waals surface area contributed by atoms with Crippen molar-refractivity contribution in [2.45, 2.75) is 6.92 Å². The number of nitrogens with one attached hydrogen (secondary N) is 1. The molecule has 0 saturated carbocycles. The van der Waals surface area contributed by atoms with Crippen molar-refractivity contribution in [3.63, 3.8) is 0 Å². The van der Waals surface area contributed by atoms with Crippen LogP contribution in [0.15, 0.2) is 0 Å². The second-order valence-electron chi connectivity index (χ2n) is 1.55. The van der Waals surface area contributed by atoms with Gasteiger partial charge in [-0.05, 0) is 12.6 Å². The van der Waals surface area contributed by atoms with Gasteiger partial charge < -0.3 is 10.1 Å². The van der Waals surface area contributed by atoms with E-state index in [2.05, 4.69) is 22.7 Å². The van der Waals surface area contributed by atoms with Crippen LogP contribution in [0.4, 0.5) is 4.79 Å². The lowest BCUT2D eigenvalue weighted by Crippen LogP contribution is -2.22. The van der Waals surface area contributed by atoms with Crippen molar-refractivity contribution in [1.29, 1.82) is 0 Å². The second kappa shape index (κ2) is 4.99. The number of rotatable bonds is 3. The van der Waals surface area contributed by atoms with Crippen molar-refractivity contribution in [3.8, 4) is 0 Å². The lowest BCUT2D eigenvalue weighted by molar-refractivity contribution is -0.140. The number of ether oxygens (including phenoxy) is 1. The van der Waals surface area contributed by atoms with Crippen LogP contribution in [0.2, 0.25) is 0 Å². The minimum absolute atomic E-state index is 0.178. The van der Waals surface area contributed by atoms with Gasteiger partial charge in [-0.25, -0.2) is 0 Å². The Balaban J connectivity index is 3.06. The molecular formula is C5H8NO3S. The van der Waals surface area contributed by atoms with E-state index in [1.54, 1.807) is 0 Å². The number of hydrogen-bond acceptors (Lipinski definition) is 3. The Hall–Kier alpha value is -0.840. The van der Waals surface area contributed by atoms with Crippen LogP contribution in [0, 0.1) is 0 Å². The average Bonchev–Trinajstić information content (AvgIpc) is 1.79. The highest BCUT2D eigenvalue weighted by molar-refractivity contribution is 7.96. The van der Waals surface area contributed by atoms with Crippen molar-refractivity contribution >= 4 is 23.8 Å². The maximum atomic E-state index is 10.1. The zero-order valence-electron chi connectivity index (χ0n) is 5.55. The highest BCUT2D eigenvalue weighted by atomic mass is 32.1. The monoisotopic (exact) mass is 162 g/mol. The Labute approximate surface area is 64.3 Å². The van der Waals surface area contributed by atoms with Crippen LogP contribution < -0.4 is 5.32 Å². The molecule has 0 rings (SSSR count). The van der Waals surface area contributed by atoms with Gasteiger partial charge in [0.25, 0.3) is 0 Å². The molecule has 0 saturated heterocycles. The molecule has 0 unspecified atom stereocenters. The molecule has 0 aromatic carbocycles. The molecule has 0 aliphatic heterocycles. The van der Waals surface area contributed by atoms with Crippen LogP contribution in [0.5, 0.6) is 0 Å². The Morgan fingerprint density at radius 3 is 2.60 bits per heavy atom. The lowest BCUT2D eigenvalue weighted by Gasteiger charge is -1.99. The standard InChI is InChI=1S/C5H8NO3S/c1-4(7)9-3-2-6-5(8)10/h2-3H2,1H3,(H,6,8). The van der Waals surface area contributed by atoms with Crippen LogP contribution in [0.3, 0.4) is 0 Å². The first kappa shape index (κ1) is 9.16. The average molecular weight is 162 g/mol. The first-order valence-corrected chi connectivity index (χ1v) is 3.12.